The number of rotatable bonds is 4. The molecule has 1 saturated heterocycles. The van der Waals surface area contributed by atoms with E-state index in [4.69, 9.17) is 9.73 Å². The number of hydrogen-bond donors (Lipinski definition) is 1. The molecule has 2 aromatic rings. The van der Waals surface area contributed by atoms with Crippen LogP contribution >= 0.6 is 0 Å². The quantitative estimate of drug-likeness (QED) is 0.847. The number of hydrogen-bond acceptors (Lipinski definition) is 5. The van der Waals surface area contributed by atoms with Crippen molar-refractivity contribution in [3.05, 3.63) is 53.7 Å². The van der Waals surface area contributed by atoms with Crippen LogP contribution in [0.1, 0.15) is 55.6 Å². The van der Waals surface area contributed by atoms with Crippen LogP contribution in [0, 0.1) is 0 Å². The molecule has 1 atom stereocenters. The van der Waals surface area contributed by atoms with Gasteiger partial charge in [0, 0.05) is 17.8 Å². The van der Waals surface area contributed by atoms with E-state index in [-0.39, 0.29) is 6.23 Å². The fourth-order valence-corrected chi connectivity index (χ4v) is 5.13. The monoisotopic (exact) mass is 390 g/mol. The predicted molar refractivity (Wildman–Crippen MR) is 116 cm³/mol. The van der Waals surface area contributed by atoms with Crippen LogP contribution < -0.4 is 10.1 Å². The second-order valence-electron chi connectivity index (χ2n) is 8.48. The van der Waals surface area contributed by atoms with Gasteiger partial charge < -0.3 is 9.64 Å². The van der Waals surface area contributed by atoms with E-state index in [1.165, 1.54) is 57.2 Å². The molecule has 5 nitrogen and oxygen atoms in total. The number of likely N-dealkylation sites (N-methyl/N-ethyl adjacent to an activating group) is 1. The maximum Gasteiger partial charge on any atom is 0.241 e. The van der Waals surface area contributed by atoms with Gasteiger partial charge in [-0.05, 0) is 82.3 Å². The maximum atomic E-state index is 6.00. The average molecular weight is 391 g/mol. The first kappa shape index (κ1) is 18.8. The van der Waals surface area contributed by atoms with Crippen LogP contribution in [0.3, 0.4) is 0 Å². The van der Waals surface area contributed by atoms with Crippen molar-refractivity contribution in [2.24, 2.45) is 4.99 Å². The van der Waals surface area contributed by atoms with Crippen LogP contribution in [-0.4, -0.2) is 48.0 Å². The summed E-state index contributed by atoms with van der Waals surface area (Å²) < 4.78 is 6.00. The highest BCUT2D eigenvalue weighted by molar-refractivity contribution is 6.06. The Labute approximate surface area is 173 Å². The Hall–Kier alpha value is -2.24. The number of ether oxygens (including phenoxy) is 1. The van der Waals surface area contributed by atoms with E-state index in [0.717, 1.165) is 23.0 Å². The van der Waals surface area contributed by atoms with E-state index in [1.807, 2.05) is 19.2 Å². The summed E-state index contributed by atoms with van der Waals surface area (Å²) in [6.45, 7) is 2.64. The van der Waals surface area contributed by atoms with Crippen LogP contribution in [-0.2, 0) is 0 Å². The normalized spacial score (nSPS) is 27.2. The smallest absolute Gasteiger partial charge is 0.241 e. The van der Waals surface area contributed by atoms with Gasteiger partial charge in [0.05, 0.1) is 0 Å². The summed E-state index contributed by atoms with van der Waals surface area (Å²) in [5.74, 6) is 1.28. The zero-order valence-corrected chi connectivity index (χ0v) is 17.2. The molecule has 29 heavy (non-hydrogen) atoms. The van der Waals surface area contributed by atoms with Gasteiger partial charge in [-0.3, -0.25) is 5.32 Å². The van der Waals surface area contributed by atoms with Gasteiger partial charge in [0.15, 0.2) is 6.23 Å². The molecule has 0 radical (unpaired) electrons. The second kappa shape index (κ2) is 8.25. The molecule has 0 bridgehead atoms. The van der Waals surface area contributed by atoms with Crippen molar-refractivity contribution in [1.29, 1.82) is 0 Å². The molecule has 152 valence electrons. The molecule has 1 aromatic carbocycles. The first-order chi connectivity index (χ1) is 14.3. The summed E-state index contributed by atoms with van der Waals surface area (Å²) in [7, 11) is 1.89. The Morgan fingerprint density at radius 2 is 1.76 bits per heavy atom. The molecule has 2 fully saturated rings. The number of benzene rings is 1. The summed E-state index contributed by atoms with van der Waals surface area (Å²) >= 11 is 0. The molecule has 1 N–H and O–H groups in total. The molecule has 1 aromatic heterocycles. The minimum atomic E-state index is -0.279. The van der Waals surface area contributed by atoms with Gasteiger partial charge in [-0.1, -0.05) is 24.3 Å². The highest BCUT2D eigenvalue weighted by Crippen LogP contribution is 2.36. The van der Waals surface area contributed by atoms with E-state index in [0.29, 0.717) is 11.8 Å². The van der Waals surface area contributed by atoms with Crippen LogP contribution in [0.4, 0.5) is 5.69 Å². The summed E-state index contributed by atoms with van der Waals surface area (Å²) in [4.78, 5) is 11.8. The Bertz CT molecular complexity index is 865. The number of nitrogens with one attached hydrogen (secondary N) is 1. The fraction of sp³-hybridized carbons (Fsp3) is 0.500. The lowest BCUT2D eigenvalue weighted by Gasteiger charge is -2.34. The van der Waals surface area contributed by atoms with Gasteiger partial charge in [0.25, 0.3) is 0 Å². The van der Waals surface area contributed by atoms with Crippen molar-refractivity contribution < 1.29 is 4.74 Å². The zero-order valence-electron chi connectivity index (χ0n) is 17.2. The lowest BCUT2D eigenvalue weighted by atomic mass is 9.81. The lowest BCUT2D eigenvalue weighted by Crippen LogP contribution is -2.41. The van der Waals surface area contributed by atoms with Gasteiger partial charge in [-0.25, -0.2) is 9.98 Å². The lowest BCUT2D eigenvalue weighted by molar-refractivity contribution is 0.182. The van der Waals surface area contributed by atoms with Crippen molar-refractivity contribution in [2.75, 3.05) is 20.1 Å². The zero-order chi connectivity index (χ0) is 19.6. The highest BCUT2D eigenvalue weighted by atomic mass is 16.5. The fourth-order valence-electron chi connectivity index (χ4n) is 5.13. The number of aromatic nitrogens is 1. The van der Waals surface area contributed by atoms with E-state index in [9.17, 15) is 0 Å². The summed E-state index contributed by atoms with van der Waals surface area (Å²) in [6, 6.07) is 13.7. The van der Waals surface area contributed by atoms with Gasteiger partial charge in [0.1, 0.15) is 11.4 Å². The SMILES string of the molecule is CNC1Oc2ncccc2N=C1c1ccc(C2CCC(N3CCCC3)CC2)cc1. The van der Waals surface area contributed by atoms with Crippen molar-refractivity contribution in [3.63, 3.8) is 0 Å². The molecule has 1 unspecified atom stereocenters. The molecule has 3 heterocycles. The largest absolute Gasteiger partial charge is 0.451 e. The minimum Gasteiger partial charge on any atom is -0.451 e. The van der Waals surface area contributed by atoms with Gasteiger partial charge >= 0.3 is 0 Å². The van der Waals surface area contributed by atoms with Crippen LogP contribution in [0.2, 0.25) is 0 Å². The van der Waals surface area contributed by atoms with E-state index < -0.39 is 0 Å². The van der Waals surface area contributed by atoms with Gasteiger partial charge in [0.2, 0.25) is 5.88 Å². The third-order valence-electron chi connectivity index (χ3n) is 6.76. The third kappa shape index (κ3) is 3.81. The number of pyridine rings is 1. The van der Waals surface area contributed by atoms with Crippen molar-refractivity contribution in [3.8, 4) is 5.88 Å². The van der Waals surface area contributed by atoms with Gasteiger partial charge in [-0.15, -0.1) is 0 Å². The number of nitrogens with zero attached hydrogens (tertiary/aromatic N) is 3. The standard InChI is InChI=1S/C24H30N4O/c1-25-24-22(27-21-5-4-14-26-23(21)29-24)19-8-6-17(7-9-19)18-10-12-20(13-11-18)28-15-2-3-16-28/h4-9,14,18,20,24-25H,2-3,10-13,15-16H2,1H3. The van der Waals surface area contributed by atoms with E-state index >= 15 is 0 Å². The van der Waals surface area contributed by atoms with E-state index in [2.05, 4.69) is 39.5 Å². The number of aliphatic imine (C=N–C) groups is 1. The molecule has 5 rings (SSSR count). The Morgan fingerprint density at radius 1 is 1.00 bits per heavy atom. The van der Waals surface area contributed by atoms with Crippen LogP contribution in [0.5, 0.6) is 5.88 Å². The number of fused-ring (bicyclic) bond motifs is 1. The third-order valence-corrected chi connectivity index (χ3v) is 6.76. The molecular formula is C24H30N4O. The maximum absolute atomic E-state index is 6.00. The minimum absolute atomic E-state index is 0.279. The predicted octanol–water partition coefficient (Wildman–Crippen LogP) is 4.26. The average Bonchev–Trinajstić information content (AvgIpc) is 3.33. The summed E-state index contributed by atoms with van der Waals surface area (Å²) in [6.07, 6.45) is 9.55. The molecule has 5 heteroatoms. The van der Waals surface area contributed by atoms with Crippen LogP contribution in [0.25, 0.3) is 0 Å². The Morgan fingerprint density at radius 3 is 2.48 bits per heavy atom. The first-order valence-electron chi connectivity index (χ1n) is 11.0. The second-order valence-corrected chi connectivity index (χ2v) is 8.48. The first-order valence-corrected chi connectivity index (χ1v) is 11.0. The summed E-state index contributed by atoms with van der Waals surface area (Å²) in [5.41, 5.74) is 4.28. The molecule has 2 aliphatic heterocycles. The number of likely N-dealkylation sites (tertiary alicyclic amines) is 1. The molecule has 1 aliphatic carbocycles. The summed E-state index contributed by atoms with van der Waals surface area (Å²) in [5, 5.41) is 3.21. The molecular weight excluding hydrogens is 360 g/mol. The molecule has 1 saturated carbocycles. The Kier molecular flexibility index (Phi) is 5.34. The Balaban J connectivity index is 1.30. The molecule has 0 amide bonds. The van der Waals surface area contributed by atoms with Gasteiger partial charge in [-0.2, -0.15) is 0 Å². The van der Waals surface area contributed by atoms with Crippen molar-refractivity contribution >= 4 is 11.4 Å². The highest BCUT2D eigenvalue weighted by Gasteiger charge is 2.29. The molecule has 0 spiro atoms. The molecule has 3 aliphatic rings. The van der Waals surface area contributed by atoms with E-state index in [1.54, 1.807) is 6.20 Å². The van der Waals surface area contributed by atoms with Crippen LogP contribution in [0.15, 0.2) is 47.6 Å². The topological polar surface area (TPSA) is 49.8 Å². The van der Waals surface area contributed by atoms with Crippen molar-refractivity contribution in [1.82, 2.24) is 15.2 Å². The van der Waals surface area contributed by atoms with Crippen molar-refractivity contribution in [2.45, 2.75) is 56.7 Å².